The van der Waals surface area contributed by atoms with Crippen LogP contribution in [0.2, 0.25) is 0 Å². The molecular formula is C17H20N2O5S. The first kappa shape index (κ1) is 18.8. The monoisotopic (exact) mass is 364 g/mol. The summed E-state index contributed by atoms with van der Waals surface area (Å²) in [7, 11) is 0.601. The van der Waals surface area contributed by atoms with Crippen LogP contribution in [0.25, 0.3) is 0 Å². The molecular weight excluding hydrogens is 344 g/mol. The first-order chi connectivity index (χ1) is 11.9. The van der Waals surface area contributed by atoms with Gasteiger partial charge in [-0.1, -0.05) is 18.2 Å². The molecule has 25 heavy (non-hydrogen) atoms. The zero-order valence-electron chi connectivity index (χ0n) is 14.2. The quantitative estimate of drug-likeness (QED) is 0.807. The lowest BCUT2D eigenvalue weighted by molar-refractivity contribution is -0.117. The summed E-state index contributed by atoms with van der Waals surface area (Å²) in [6.07, 6.45) is 0. The molecule has 0 aliphatic heterocycles. The minimum atomic E-state index is -3.86. The maximum atomic E-state index is 12.4. The van der Waals surface area contributed by atoms with Gasteiger partial charge in [0, 0.05) is 18.8 Å². The van der Waals surface area contributed by atoms with Crippen molar-refractivity contribution in [3.05, 3.63) is 48.5 Å². The van der Waals surface area contributed by atoms with Crippen molar-refractivity contribution in [2.24, 2.45) is 0 Å². The van der Waals surface area contributed by atoms with Crippen LogP contribution in [0.4, 0.5) is 5.69 Å². The number of amides is 1. The molecule has 7 nitrogen and oxygen atoms in total. The number of methoxy groups -OCH3 is 2. The van der Waals surface area contributed by atoms with Gasteiger partial charge in [-0.05, 0) is 24.3 Å². The Hall–Kier alpha value is -2.58. The average molecular weight is 364 g/mol. The Morgan fingerprint density at radius 1 is 1.04 bits per heavy atom. The van der Waals surface area contributed by atoms with E-state index in [2.05, 4.69) is 4.72 Å². The van der Waals surface area contributed by atoms with Crippen molar-refractivity contribution in [3.8, 4) is 11.5 Å². The molecule has 8 heteroatoms. The summed E-state index contributed by atoms with van der Waals surface area (Å²) in [5.74, 6) is 0.328. The number of anilines is 1. The molecule has 0 heterocycles. The molecule has 134 valence electrons. The SMILES string of the molecule is COc1ccc(S(=O)(=O)NCC(=O)N(C)c2ccccc2)cc1OC. The summed E-state index contributed by atoms with van der Waals surface area (Å²) >= 11 is 0. The number of hydrogen-bond donors (Lipinski definition) is 1. The van der Waals surface area contributed by atoms with Crippen molar-refractivity contribution >= 4 is 21.6 Å². The van der Waals surface area contributed by atoms with E-state index >= 15 is 0 Å². The van der Waals surface area contributed by atoms with Gasteiger partial charge in [-0.3, -0.25) is 4.79 Å². The van der Waals surface area contributed by atoms with E-state index in [4.69, 9.17) is 9.47 Å². The van der Waals surface area contributed by atoms with Crippen molar-refractivity contribution in [1.29, 1.82) is 0 Å². The van der Waals surface area contributed by atoms with Gasteiger partial charge < -0.3 is 14.4 Å². The van der Waals surface area contributed by atoms with Crippen LogP contribution in [-0.4, -0.2) is 42.1 Å². The van der Waals surface area contributed by atoms with E-state index in [0.29, 0.717) is 11.4 Å². The number of rotatable bonds is 7. The molecule has 0 atom stereocenters. The molecule has 0 radical (unpaired) electrons. The summed E-state index contributed by atoms with van der Waals surface area (Å²) in [5.41, 5.74) is 0.679. The van der Waals surface area contributed by atoms with E-state index in [0.717, 1.165) is 0 Å². The second-order valence-corrected chi connectivity index (χ2v) is 6.90. The number of nitrogens with zero attached hydrogens (tertiary/aromatic N) is 1. The van der Waals surface area contributed by atoms with E-state index in [1.54, 1.807) is 31.3 Å². The lowest BCUT2D eigenvalue weighted by atomic mass is 10.3. The molecule has 0 aliphatic rings. The average Bonchev–Trinajstić information content (AvgIpc) is 2.65. The molecule has 2 aromatic rings. The van der Waals surface area contributed by atoms with E-state index in [1.165, 1.54) is 37.3 Å². The number of ether oxygens (including phenoxy) is 2. The van der Waals surface area contributed by atoms with Gasteiger partial charge in [-0.15, -0.1) is 0 Å². The molecule has 1 amide bonds. The lowest BCUT2D eigenvalue weighted by Gasteiger charge is -2.17. The smallest absolute Gasteiger partial charge is 0.241 e. The number of carbonyl (C=O) groups excluding carboxylic acids is 1. The summed E-state index contributed by atoms with van der Waals surface area (Å²) in [6.45, 7) is -0.359. The molecule has 2 aromatic carbocycles. The first-order valence-electron chi connectivity index (χ1n) is 7.42. The highest BCUT2D eigenvalue weighted by Gasteiger charge is 2.19. The molecule has 0 aliphatic carbocycles. The third-order valence-corrected chi connectivity index (χ3v) is 5.00. The molecule has 1 N–H and O–H groups in total. The summed E-state index contributed by atoms with van der Waals surface area (Å²) < 4.78 is 37.3. The normalized spacial score (nSPS) is 11.0. The van der Waals surface area contributed by atoms with Crippen LogP contribution in [0.5, 0.6) is 11.5 Å². The highest BCUT2D eigenvalue weighted by Crippen LogP contribution is 2.29. The Kier molecular flexibility index (Phi) is 6.00. The fourth-order valence-electron chi connectivity index (χ4n) is 2.14. The molecule has 0 saturated carbocycles. The minimum Gasteiger partial charge on any atom is -0.493 e. The molecule has 0 fully saturated rings. The Morgan fingerprint density at radius 2 is 1.68 bits per heavy atom. The number of hydrogen-bond acceptors (Lipinski definition) is 5. The van der Waals surface area contributed by atoms with Crippen molar-refractivity contribution in [2.45, 2.75) is 4.90 Å². The maximum Gasteiger partial charge on any atom is 0.241 e. The Bertz CT molecular complexity index is 837. The maximum absolute atomic E-state index is 12.4. The predicted octanol–water partition coefficient (Wildman–Crippen LogP) is 1.65. The van der Waals surface area contributed by atoms with E-state index in [1.807, 2.05) is 6.07 Å². The largest absolute Gasteiger partial charge is 0.493 e. The number of nitrogens with one attached hydrogen (secondary N) is 1. The molecule has 2 rings (SSSR count). The Labute approximate surface area is 147 Å². The number of para-hydroxylation sites is 1. The third kappa shape index (κ3) is 4.49. The van der Waals surface area contributed by atoms with Gasteiger partial charge in [0.15, 0.2) is 11.5 Å². The third-order valence-electron chi connectivity index (χ3n) is 3.60. The van der Waals surface area contributed by atoms with Crippen LogP contribution >= 0.6 is 0 Å². The fourth-order valence-corrected chi connectivity index (χ4v) is 3.13. The first-order valence-corrected chi connectivity index (χ1v) is 8.90. The van der Waals surface area contributed by atoms with Crippen molar-refractivity contribution in [2.75, 3.05) is 32.7 Å². The predicted molar refractivity (Wildman–Crippen MR) is 94.6 cm³/mol. The van der Waals surface area contributed by atoms with Gasteiger partial charge in [0.05, 0.1) is 25.7 Å². The second kappa shape index (κ2) is 8.00. The topological polar surface area (TPSA) is 84.9 Å². The number of benzene rings is 2. The number of sulfonamides is 1. The van der Waals surface area contributed by atoms with Gasteiger partial charge >= 0.3 is 0 Å². The van der Waals surface area contributed by atoms with Crippen LogP contribution < -0.4 is 19.1 Å². The van der Waals surface area contributed by atoms with E-state index in [9.17, 15) is 13.2 Å². The van der Waals surface area contributed by atoms with E-state index < -0.39 is 10.0 Å². The van der Waals surface area contributed by atoms with Crippen molar-refractivity contribution < 1.29 is 22.7 Å². The highest BCUT2D eigenvalue weighted by atomic mass is 32.2. The van der Waals surface area contributed by atoms with Crippen molar-refractivity contribution in [1.82, 2.24) is 4.72 Å². The zero-order chi connectivity index (χ0) is 18.4. The lowest BCUT2D eigenvalue weighted by Crippen LogP contribution is -2.38. The van der Waals surface area contributed by atoms with Crippen LogP contribution in [0.1, 0.15) is 0 Å². The second-order valence-electron chi connectivity index (χ2n) is 5.13. The van der Waals surface area contributed by atoms with Crippen LogP contribution in [-0.2, 0) is 14.8 Å². The molecule has 0 saturated heterocycles. The van der Waals surface area contributed by atoms with Gasteiger partial charge in [0.1, 0.15) is 0 Å². The van der Waals surface area contributed by atoms with Gasteiger partial charge in [0.25, 0.3) is 0 Å². The van der Waals surface area contributed by atoms with Gasteiger partial charge in [-0.25, -0.2) is 13.1 Å². The van der Waals surface area contributed by atoms with Crippen LogP contribution in [0.3, 0.4) is 0 Å². The fraction of sp³-hybridized carbons (Fsp3) is 0.235. The van der Waals surface area contributed by atoms with Crippen LogP contribution in [0.15, 0.2) is 53.4 Å². The number of likely N-dealkylation sites (N-methyl/N-ethyl adjacent to an activating group) is 1. The molecule has 0 unspecified atom stereocenters. The minimum absolute atomic E-state index is 0.0136. The van der Waals surface area contributed by atoms with Gasteiger partial charge in [-0.2, -0.15) is 0 Å². The zero-order valence-corrected chi connectivity index (χ0v) is 15.0. The Morgan fingerprint density at radius 3 is 2.28 bits per heavy atom. The molecule has 0 spiro atoms. The summed E-state index contributed by atoms with van der Waals surface area (Å²) in [4.78, 5) is 13.6. The van der Waals surface area contributed by atoms with Crippen LogP contribution in [0, 0.1) is 0 Å². The number of carbonyl (C=O) groups is 1. The standard InChI is InChI=1S/C17H20N2O5S/c1-19(13-7-5-4-6-8-13)17(20)12-18-25(21,22)14-9-10-15(23-2)16(11-14)24-3/h4-11,18H,12H2,1-3H3. The Balaban J connectivity index is 2.10. The molecule has 0 aromatic heterocycles. The summed E-state index contributed by atoms with van der Waals surface area (Å²) in [6, 6.07) is 13.2. The van der Waals surface area contributed by atoms with Crippen molar-refractivity contribution in [3.63, 3.8) is 0 Å². The van der Waals surface area contributed by atoms with Gasteiger partial charge in [0.2, 0.25) is 15.9 Å². The van der Waals surface area contributed by atoms with E-state index in [-0.39, 0.29) is 23.1 Å². The molecule has 0 bridgehead atoms. The highest BCUT2D eigenvalue weighted by molar-refractivity contribution is 7.89. The summed E-state index contributed by atoms with van der Waals surface area (Å²) in [5, 5.41) is 0.